The Morgan fingerprint density at radius 3 is 2.89 bits per heavy atom. The minimum Gasteiger partial charge on any atom is -0.497 e. The van der Waals surface area contributed by atoms with Crippen LogP contribution in [0.5, 0.6) is 5.75 Å². The summed E-state index contributed by atoms with van der Waals surface area (Å²) in [7, 11) is 1.53. The monoisotopic (exact) mass is 263 g/mol. The topological polar surface area (TPSA) is 87.7 Å². The maximum Gasteiger partial charge on any atom is 0.325 e. The van der Waals surface area contributed by atoms with Crippen LogP contribution in [-0.2, 0) is 9.59 Å². The lowest BCUT2D eigenvalue weighted by atomic mass is 10.3. The fourth-order valence-corrected chi connectivity index (χ4v) is 1.69. The zero-order chi connectivity index (χ0) is 13.8. The first kappa shape index (κ1) is 12.9. The number of hydrogen-bond donors (Lipinski definition) is 2. The number of nitrogens with one attached hydrogen (secondary N) is 2. The van der Waals surface area contributed by atoms with E-state index in [-0.39, 0.29) is 19.0 Å². The molecule has 1 aromatic rings. The Morgan fingerprint density at radius 1 is 1.47 bits per heavy atom. The molecule has 1 saturated heterocycles. The van der Waals surface area contributed by atoms with Crippen molar-refractivity contribution in [2.75, 3.05) is 25.5 Å². The van der Waals surface area contributed by atoms with Crippen molar-refractivity contribution >= 4 is 23.5 Å². The molecule has 0 aromatic heterocycles. The second-order valence-corrected chi connectivity index (χ2v) is 3.99. The van der Waals surface area contributed by atoms with Crippen molar-refractivity contribution < 1.29 is 19.1 Å². The molecule has 1 fully saturated rings. The Kier molecular flexibility index (Phi) is 3.65. The summed E-state index contributed by atoms with van der Waals surface area (Å²) in [6.07, 6.45) is 0. The molecule has 0 saturated carbocycles. The van der Waals surface area contributed by atoms with E-state index in [1.165, 1.54) is 7.11 Å². The number of hydrogen-bond acceptors (Lipinski definition) is 4. The molecule has 0 bridgehead atoms. The molecule has 7 heteroatoms. The molecule has 0 atom stereocenters. The van der Waals surface area contributed by atoms with Crippen LogP contribution in [0.2, 0.25) is 0 Å². The maximum absolute atomic E-state index is 11.7. The number of carbonyl (C=O) groups excluding carboxylic acids is 3. The molecule has 0 spiro atoms. The largest absolute Gasteiger partial charge is 0.497 e. The van der Waals surface area contributed by atoms with Crippen molar-refractivity contribution in [2.45, 2.75) is 0 Å². The predicted molar refractivity (Wildman–Crippen MR) is 66.7 cm³/mol. The zero-order valence-electron chi connectivity index (χ0n) is 10.3. The number of urea groups is 1. The molecule has 0 aliphatic carbocycles. The van der Waals surface area contributed by atoms with Crippen LogP contribution in [0, 0.1) is 0 Å². The average Bonchev–Trinajstić information content (AvgIpc) is 2.68. The predicted octanol–water partition coefficient (Wildman–Crippen LogP) is 0.185. The fourth-order valence-electron chi connectivity index (χ4n) is 1.69. The smallest absolute Gasteiger partial charge is 0.325 e. The molecule has 100 valence electrons. The first-order valence-electron chi connectivity index (χ1n) is 5.61. The van der Waals surface area contributed by atoms with Crippen molar-refractivity contribution in [1.29, 1.82) is 0 Å². The Balaban J connectivity index is 1.94. The van der Waals surface area contributed by atoms with E-state index in [0.717, 1.165) is 4.90 Å². The number of amides is 4. The van der Waals surface area contributed by atoms with Gasteiger partial charge >= 0.3 is 6.03 Å². The van der Waals surface area contributed by atoms with E-state index in [9.17, 15) is 14.4 Å². The van der Waals surface area contributed by atoms with Crippen LogP contribution in [-0.4, -0.2) is 42.9 Å². The first-order chi connectivity index (χ1) is 9.08. The Morgan fingerprint density at radius 2 is 2.26 bits per heavy atom. The lowest BCUT2D eigenvalue weighted by molar-refractivity contribution is -0.119. The average molecular weight is 263 g/mol. The molecule has 1 aliphatic rings. The standard InChI is InChI=1S/C12H13N3O4/c1-19-9-4-2-3-8(5-9)13-10(16)6-15-7-11(17)14-12(15)18/h2-5H,6-7H2,1H3,(H,13,16)(H,14,17,18). The van der Waals surface area contributed by atoms with Crippen molar-refractivity contribution in [2.24, 2.45) is 0 Å². The Bertz CT molecular complexity index is 529. The van der Waals surface area contributed by atoms with E-state index in [2.05, 4.69) is 10.6 Å². The number of imide groups is 1. The molecule has 0 radical (unpaired) electrons. The molecule has 4 amide bonds. The number of anilines is 1. The molecular weight excluding hydrogens is 250 g/mol. The third-order valence-electron chi connectivity index (χ3n) is 2.56. The van der Waals surface area contributed by atoms with Crippen LogP contribution in [0.15, 0.2) is 24.3 Å². The van der Waals surface area contributed by atoms with Gasteiger partial charge in [-0.15, -0.1) is 0 Å². The summed E-state index contributed by atoms with van der Waals surface area (Å²) in [5.74, 6) is -0.163. The highest BCUT2D eigenvalue weighted by Gasteiger charge is 2.28. The number of benzene rings is 1. The van der Waals surface area contributed by atoms with Gasteiger partial charge in [0.05, 0.1) is 7.11 Å². The SMILES string of the molecule is COc1cccc(NC(=O)CN2CC(=O)NC2=O)c1. The van der Waals surface area contributed by atoms with Gasteiger partial charge in [0.2, 0.25) is 11.8 Å². The van der Waals surface area contributed by atoms with Crippen LogP contribution in [0.4, 0.5) is 10.5 Å². The number of nitrogens with zero attached hydrogens (tertiary/aromatic N) is 1. The van der Waals surface area contributed by atoms with E-state index < -0.39 is 11.9 Å². The summed E-state index contributed by atoms with van der Waals surface area (Å²) in [5.41, 5.74) is 0.565. The van der Waals surface area contributed by atoms with Crippen molar-refractivity contribution in [3.63, 3.8) is 0 Å². The normalized spacial score (nSPS) is 14.3. The number of methoxy groups -OCH3 is 1. The molecule has 0 unspecified atom stereocenters. The van der Waals surface area contributed by atoms with Crippen LogP contribution >= 0.6 is 0 Å². The third-order valence-corrected chi connectivity index (χ3v) is 2.56. The van der Waals surface area contributed by atoms with Gasteiger partial charge in [-0.25, -0.2) is 4.79 Å². The quantitative estimate of drug-likeness (QED) is 0.759. The van der Waals surface area contributed by atoms with Gasteiger partial charge in [0.15, 0.2) is 0 Å². The van der Waals surface area contributed by atoms with Crippen LogP contribution in [0.1, 0.15) is 0 Å². The number of carbonyl (C=O) groups is 3. The van der Waals surface area contributed by atoms with Gasteiger partial charge < -0.3 is 15.0 Å². The highest BCUT2D eigenvalue weighted by Crippen LogP contribution is 2.16. The van der Waals surface area contributed by atoms with Crippen LogP contribution < -0.4 is 15.4 Å². The van der Waals surface area contributed by atoms with E-state index in [4.69, 9.17) is 4.74 Å². The number of ether oxygens (including phenoxy) is 1. The van der Waals surface area contributed by atoms with Gasteiger partial charge in [-0.3, -0.25) is 14.9 Å². The summed E-state index contributed by atoms with van der Waals surface area (Å²) in [4.78, 5) is 35.1. The molecule has 2 N–H and O–H groups in total. The van der Waals surface area contributed by atoms with Gasteiger partial charge in [0.25, 0.3) is 0 Å². The fraction of sp³-hybridized carbons (Fsp3) is 0.250. The zero-order valence-corrected chi connectivity index (χ0v) is 10.3. The van der Waals surface area contributed by atoms with Crippen molar-refractivity contribution in [3.8, 4) is 5.75 Å². The van der Waals surface area contributed by atoms with E-state index in [1.807, 2.05) is 0 Å². The van der Waals surface area contributed by atoms with Crippen LogP contribution in [0.3, 0.4) is 0 Å². The maximum atomic E-state index is 11.7. The minimum absolute atomic E-state index is 0.0929. The molecule has 7 nitrogen and oxygen atoms in total. The summed E-state index contributed by atoms with van der Waals surface area (Å²) in [6, 6.07) is 6.30. The van der Waals surface area contributed by atoms with Gasteiger partial charge in [-0.2, -0.15) is 0 Å². The Hall–Kier alpha value is -2.57. The van der Waals surface area contributed by atoms with Gasteiger partial charge in [-0.05, 0) is 12.1 Å². The molecule has 1 aromatic carbocycles. The summed E-state index contributed by atoms with van der Waals surface area (Å²) in [5, 5.41) is 4.73. The molecular formula is C12H13N3O4. The third kappa shape index (κ3) is 3.21. The molecule has 2 rings (SSSR count). The van der Waals surface area contributed by atoms with Gasteiger partial charge in [0.1, 0.15) is 18.8 Å². The summed E-state index contributed by atoms with van der Waals surface area (Å²) in [6.45, 7) is -0.265. The number of rotatable bonds is 4. The highest BCUT2D eigenvalue weighted by molar-refractivity contribution is 6.04. The molecule has 19 heavy (non-hydrogen) atoms. The minimum atomic E-state index is -0.550. The molecule has 1 aliphatic heterocycles. The van der Waals surface area contributed by atoms with E-state index in [0.29, 0.717) is 11.4 Å². The van der Waals surface area contributed by atoms with E-state index in [1.54, 1.807) is 24.3 Å². The first-order valence-corrected chi connectivity index (χ1v) is 5.61. The van der Waals surface area contributed by atoms with Gasteiger partial charge in [0, 0.05) is 11.8 Å². The van der Waals surface area contributed by atoms with E-state index >= 15 is 0 Å². The second kappa shape index (κ2) is 5.38. The summed E-state index contributed by atoms with van der Waals surface area (Å²) >= 11 is 0. The van der Waals surface area contributed by atoms with Gasteiger partial charge in [-0.1, -0.05) is 6.07 Å². The Labute approximate surface area is 109 Å². The highest BCUT2D eigenvalue weighted by atomic mass is 16.5. The molecule has 1 heterocycles. The second-order valence-electron chi connectivity index (χ2n) is 3.99. The van der Waals surface area contributed by atoms with Crippen molar-refractivity contribution in [3.05, 3.63) is 24.3 Å². The van der Waals surface area contributed by atoms with Crippen LogP contribution in [0.25, 0.3) is 0 Å². The summed E-state index contributed by atoms with van der Waals surface area (Å²) < 4.78 is 5.03. The van der Waals surface area contributed by atoms with Crippen molar-refractivity contribution in [1.82, 2.24) is 10.2 Å². The lowest BCUT2D eigenvalue weighted by Gasteiger charge is -2.13. The lowest BCUT2D eigenvalue weighted by Crippen LogP contribution is -2.35.